The lowest BCUT2D eigenvalue weighted by Gasteiger charge is -2.01. The van der Waals surface area contributed by atoms with Crippen LogP contribution in [0.25, 0.3) is 10.9 Å². The second kappa shape index (κ2) is 2.36. The molecular formula is C11H9N3. The van der Waals surface area contributed by atoms with Crippen molar-refractivity contribution in [3.05, 3.63) is 30.0 Å². The van der Waals surface area contributed by atoms with Gasteiger partial charge in [0.05, 0.1) is 22.7 Å². The van der Waals surface area contributed by atoms with Gasteiger partial charge in [-0.25, -0.2) is 0 Å². The molecule has 0 atom stereocenters. The predicted molar refractivity (Wildman–Crippen MR) is 52.6 cm³/mol. The Labute approximate surface area is 81.4 Å². The molecule has 0 radical (unpaired) electrons. The summed E-state index contributed by atoms with van der Waals surface area (Å²) in [4.78, 5) is 0. The van der Waals surface area contributed by atoms with Gasteiger partial charge < -0.3 is 0 Å². The number of hydrogen-bond acceptors (Lipinski definition) is 2. The fraction of sp³-hybridized carbons (Fsp3) is 0.273. The number of benzene rings is 1. The summed E-state index contributed by atoms with van der Waals surface area (Å²) in [6, 6.07) is 10.3. The first-order valence-electron chi connectivity index (χ1n) is 4.71. The topological polar surface area (TPSA) is 52.5 Å². The largest absolute Gasteiger partial charge is 0.280 e. The summed E-state index contributed by atoms with van der Waals surface area (Å²) < 4.78 is 0. The van der Waals surface area contributed by atoms with Gasteiger partial charge in [-0.1, -0.05) is 18.2 Å². The van der Waals surface area contributed by atoms with E-state index in [2.05, 4.69) is 16.3 Å². The van der Waals surface area contributed by atoms with E-state index in [9.17, 15) is 0 Å². The van der Waals surface area contributed by atoms with Crippen LogP contribution in [0.4, 0.5) is 0 Å². The van der Waals surface area contributed by atoms with Crippen LogP contribution in [0.2, 0.25) is 0 Å². The van der Waals surface area contributed by atoms with Crippen LogP contribution >= 0.6 is 0 Å². The van der Waals surface area contributed by atoms with Crippen LogP contribution < -0.4 is 0 Å². The molecule has 0 aliphatic heterocycles. The number of aromatic amines is 1. The molecule has 0 unspecified atom stereocenters. The minimum atomic E-state index is -0.268. The van der Waals surface area contributed by atoms with Gasteiger partial charge in [0, 0.05) is 5.39 Å². The maximum Gasteiger partial charge on any atom is 0.0995 e. The lowest BCUT2D eigenvalue weighted by atomic mass is 10.0. The Hall–Kier alpha value is -1.82. The van der Waals surface area contributed by atoms with Crippen molar-refractivity contribution in [1.29, 1.82) is 5.26 Å². The summed E-state index contributed by atoms with van der Waals surface area (Å²) in [5.74, 6) is 0. The third kappa shape index (κ3) is 0.828. The number of nitriles is 1. The Morgan fingerprint density at radius 2 is 2.14 bits per heavy atom. The van der Waals surface area contributed by atoms with Crippen LogP contribution in [0.5, 0.6) is 0 Å². The van der Waals surface area contributed by atoms with E-state index in [0.717, 1.165) is 29.4 Å². The molecule has 1 N–H and O–H groups in total. The number of nitrogens with zero attached hydrogens (tertiary/aromatic N) is 2. The third-order valence-corrected chi connectivity index (χ3v) is 2.90. The number of nitrogens with one attached hydrogen (secondary N) is 1. The molecular weight excluding hydrogens is 174 g/mol. The highest BCUT2D eigenvalue weighted by Gasteiger charge is 2.47. The van der Waals surface area contributed by atoms with Crippen molar-refractivity contribution in [3.63, 3.8) is 0 Å². The number of para-hydroxylation sites is 1. The van der Waals surface area contributed by atoms with Gasteiger partial charge in [0.2, 0.25) is 0 Å². The van der Waals surface area contributed by atoms with Crippen molar-refractivity contribution < 1.29 is 0 Å². The first-order valence-corrected chi connectivity index (χ1v) is 4.71. The molecule has 2 aromatic rings. The van der Waals surface area contributed by atoms with Gasteiger partial charge in [-0.15, -0.1) is 0 Å². The minimum absolute atomic E-state index is 0.268. The Morgan fingerprint density at radius 1 is 1.36 bits per heavy atom. The molecule has 68 valence electrons. The summed E-state index contributed by atoms with van der Waals surface area (Å²) in [7, 11) is 0. The van der Waals surface area contributed by atoms with E-state index in [0.29, 0.717) is 0 Å². The Balaban J connectivity index is 2.29. The monoisotopic (exact) mass is 183 g/mol. The van der Waals surface area contributed by atoms with Gasteiger partial charge in [-0.2, -0.15) is 10.4 Å². The van der Waals surface area contributed by atoms with Crippen molar-refractivity contribution >= 4 is 10.9 Å². The van der Waals surface area contributed by atoms with Crippen molar-refractivity contribution in [2.24, 2.45) is 0 Å². The molecule has 1 aliphatic rings. The SMILES string of the molecule is N#CC1(c2[nH]nc3ccccc23)CC1. The lowest BCUT2D eigenvalue weighted by Crippen LogP contribution is -2.03. The number of H-pyrrole nitrogens is 1. The average Bonchev–Trinajstić information content (AvgIpc) is 2.91. The molecule has 1 aliphatic carbocycles. The van der Waals surface area contributed by atoms with Crippen LogP contribution in [0.1, 0.15) is 18.5 Å². The van der Waals surface area contributed by atoms with Crippen LogP contribution in [0.15, 0.2) is 24.3 Å². The van der Waals surface area contributed by atoms with Crippen LogP contribution in [0.3, 0.4) is 0 Å². The summed E-state index contributed by atoms with van der Waals surface area (Å²) in [5, 5.41) is 17.4. The zero-order chi connectivity index (χ0) is 9.60. The Morgan fingerprint density at radius 3 is 2.86 bits per heavy atom. The molecule has 0 amide bonds. The van der Waals surface area contributed by atoms with Crippen molar-refractivity contribution in [1.82, 2.24) is 10.2 Å². The van der Waals surface area contributed by atoms with Gasteiger partial charge >= 0.3 is 0 Å². The number of rotatable bonds is 1. The molecule has 0 saturated heterocycles. The zero-order valence-electron chi connectivity index (χ0n) is 7.62. The van der Waals surface area contributed by atoms with Crippen LogP contribution in [0, 0.1) is 11.3 Å². The molecule has 3 heteroatoms. The number of fused-ring (bicyclic) bond motifs is 1. The molecule has 0 bridgehead atoms. The molecule has 14 heavy (non-hydrogen) atoms. The van der Waals surface area contributed by atoms with E-state index in [1.165, 1.54) is 0 Å². The van der Waals surface area contributed by atoms with Crippen molar-refractivity contribution in [2.75, 3.05) is 0 Å². The molecule has 1 saturated carbocycles. The van der Waals surface area contributed by atoms with Crippen molar-refractivity contribution in [2.45, 2.75) is 18.3 Å². The Kier molecular flexibility index (Phi) is 1.27. The maximum absolute atomic E-state index is 9.09. The first kappa shape index (κ1) is 7.57. The van der Waals surface area contributed by atoms with Gasteiger partial charge in [0.1, 0.15) is 0 Å². The van der Waals surface area contributed by atoms with Crippen LogP contribution in [-0.4, -0.2) is 10.2 Å². The van der Waals surface area contributed by atoms with E-state index in [4.69, 9.17) is 5.26 Å². The van der Waals surface area contributed by atoms with Crippen LogP contribution in [-0.2, 0) is 5.41 Å². The summed E-state index contributed by atoms with van der Waals surface area (Å²) in [6.45, 7) is 0. The van der Waals surface area contributed by atoms with E-state index in [1.54, 1.807) is 0 Å². The fourth-order valence-corrected chi connectivity index (χ4v) is 1.87. The van der Waals surface area contributed by atoms with Gasteiger partial charge in [-0.05, 0) is 18.9 Å². The summed E-state index contributed by atoms with van der Waals surface area (Å²) in [6.07, 6.45) is 1.91. The smallest absolute Gasteiger partial charge is 0.0995 e. The highest BCUT2D eigenvalue weighted by molar-refractivity contribution is 5.83. The number of hydrogen-bond donors (Lipinski definition) is 1. The molecule has 1 fully saturated rings. The highest BCUT2D eigenvalue weighted by atomic mass is 15.1. The van der Waals surface area contributed by atoms with Crippen molar-refractivity contribution in [3.8, 4) is 6.07 Å². The second-order valence-corrected chi connectivity index (χ2v) is 3.81. The quantitative estimate of drug-likeness (QED) is 0.736. The third-order valence-electron chi connectivity index (χ3n) is 2.90. The maximum atomic E-state index is 9.09. The minimum Gasteiger partial charge on any atom is -0.280 e. The van der Waals surface area contributed by atoms with E-state index in [-0.39, 0.29) is 5.41 Å². The second-order valence-electron chi connectivity index (χ2n) is 3.81. The van der Waals surface area contributed by atoms with E-state index in [1.807, 2.05) is 24.3 Å². The standard InChI is InChI=1S/C11H9N3/c12-7-11(5-6-11)10-8-3-1-2-4-9(8)13-14-10/h1-4H,5-6H2,(H,13,14). The van der Waals surface area contributed by atoms with Gasteiger partial charge in [-0.3, -0.25) is 5.10 Å². The summed E-state index contributed by atoms with van der Waals surface area (Å²) >= 11 is 0. The van der Waals surface area contributed by atoms with E-state index < -0.39 is 0 Å². The molecule has 3 nitrogen and oxygen atoms in total. The normalized spacial score (nSPS) is 17.9. The first-order chi connectivity index (χ1) is 6.86. The molecule has 1 aromatic carbocycles. The molecule has 0 spiro atoms. The molecule has 1 aromatic heterocycles. The Bertz CT molecular complexity index is 529. The lowest BCUT2D eigenvalue weighted by molar-refractivity contribution is 0.846. The van der Waals surface area contributed by atoms with Gasteiger partial charge in [0.25, 0.3) is 0 Å². The molecule has 3 rings (SSSR count). The zero-order valence-corrected chi connectivity index (χ0v) is 7.62. The number of aromatic nitrogens is 2. The predicted octanol–water partition coefficient (Wildman–Crippen LogP) is 2.12. The molecule has 1 heterocycles. The highest BCUT2D eigenvalue weighted by Crippen LogP contribution is 2.48. The summed E-state index contributed by atoms with van der Waals surface area (Å²) in [5.41, 5.74) is 1.68. The van der Waals surface area contributed by atoms with E-state index >= 15 is 0 Å². The fourth-order valence-electron chi connectivity index (χ4n) is 1.87. The van der Waals surface area contributed by atoms with Gasteiger partial charge in [0.15, 0.2) is 0 Å². The average molecular weight is 183 g/mol.